The molecule has 0 spiro atoms. The number of aromatic nitrogens is 1. The number of nitrogens with one attached hydrogen (secondary N) is 1. The van der Waals surface area contributed by atoms with Crippen molar-refractivity contribution in [2.24, 2.45) is 5.73 Å². The van der Waals surface area contributed by atoms with Crippen LogP contribution < -0.4 is 11.1 Å². The summed E-state index contributed by atoms with van der Waals surface area (Å²) in [7, 11) is 0. The summed E-state index contributed by atoms with van der Waals surface area (Å²) in [4.78, 5) is 16.1. The molecule has 0 aliphatic heterocycles. The van der Waals surface area contributed by atoms with E-state index < -0.39 is 6.04 Å². The normalized spacial score (nSPS) is 13.6. The minimum absolute atomic E-state index is 0. The van der Waals surface area contributed by atoms with Gasteiger partial charge in [-0.05, 0) is 32.3 Å². The number of halogens is 1. The van der Waals surface area contributed by atoms with E-state index in [0.717, 1.165) is 16.5 Å². The maximum Gasteiger partial charge on any atom is 0.237 e. The second kappa shape index (κ2) is 8.74. The highest BCUT2D eigenvalue weighted by Crippen LogP contribution is 2.17. The molecule has 0 saturated carbocycles. The summed E-state index contributed by atoms with van der Waals surface area (Å²) in [6, 6.07) is -0.493. The molecule has 0 aromatic carbocycles. The van der Waals surface area contributed by atoms with Crippen molar-refractivity contribution in [3.8, 4) is 0 Å². The standard InChI is InChI=1S/C11H19N3OS2.ClH/c1-7-6-17-11(13-7)8(2)14-10(15)9(12)4-5-16-3;/h6,8-9H,4-5,12H2,1-3H3,(H,14,15);1H/t8?,9-;/m0./s1. The molecule has 0 aliphatic carbocycles. The third kappa shape index (κ3) is 5.56. The van der Waals surface area contributed by atoms with Crippen LogP contribution in [0.4, 0.5) is 0 Å². The summed E-state index contributed by atoms with van der Waals surface area (Å²) in [6.07, 6.45) is 2.71. The highest BCUT2D eigenvalue weighted by Gasteiger charge is 2.17. The van der Waals surface area contributed by atoms with Gasteiger partial charge in [-0.3, -0.25) is 4.79 Å². The summed E-state index contributed by atoms with van der Waals surface area (Å²) < 4.78 is 0. The number of thiazole rings is 1. The number of hydrogen-bond acceptors (Lipinski definition) is 5. The number of rotatable bonds is 6. The SMILES string of the molecule is CSCC[C@H](N)C(=O)NC(C)c1nc(C)cs1.Cl. The van der Waals surface area contributed by atoms with Gasteiger partial charge in [-0.1, -0.05) is 0 Å². The number of carbonyl (C=O) groups excluding carboxylic acids is 1. The molecule has 1 unspecified atom stereocenters. The summed E-state index contributed by atoms with van der Waals surface area (Å²) in [5.74, 6) is 0.804. The van der Waals surface area contributed by atoms with Crippen molar-refractivity contribution in [3.05, 3.63) is 16.1 Å². The first kappa shape index (κ1) is 17.7. The molecule has 1 aromatic rings. The summed E-state index contributed by atoms with van der Waals surface area (Å²) >= 11 is 3.25. The van der Waals surface area contributed by atoms with Crippen LogP contribution in [0.3, 0.4) is 0 Å². The quantitative estimate of drug-likeness (QED) is 0.844. The maximum absolute atomic E-state index is 11.8. The van der Waals surface area contributed by atoms with E-state index in [1.807, 2.05) is 25.5 Å². The van der Waals surface area contributed by atoms with Crippen LogP contribution in [0.25, 0.3) is 0 Å². The van der Waals surface area contributed by atoms with Crippen LogP contribution in [0, 0.1) is 6.92 Å². The van der Waals surface area contributed by atoms with Crippen LogP contribution in [-0.4, -0.2) is 28.9 Å². The number of nitrogens with two attached hydrogens (primary N) is 1. The van der Waals surface area contributed by atoms with Gasteiger partial charge in [0.25, 0.3) is 0 Å². The van der Waals surface area contributed by atoms with Crippen LogP contribution in [0.1, 0.15) is 30.1 Å². The highest BCUT2D eigenvalue weighted by molar-refractivity contribution is 7.98. The zero-order chi connectivity index (χ0) is 12.8. The summed E-state index contributed by atoms with van der Waals surface area (Å²) in [5.41, 5.74) is 6.78. The second-order valence-electron chi connectivity index (χ2n) is 3.95. The smallest absolute Gasteiger partial charge is 0.237 e. The van der Waals surface area contributed by atoms with Gasteiger partial charge in [-0.25, -0.2) is 4.98 Å². The fourth-order valence-corrected chi connectivity index (χ4v) is 2.62. The number of thioether (sulfide) groups is 1. The Morgan fingerprint density at radius 2 is 2.33 bits per heavy atom. The maximum atomic E-state index is 11.8. The third-order valence-corrected chi connectivity index (χ3v) is 4.12. The second-order valence-corrected chi connectivity index (χ2v) is 5.82. The van der Waals surface area contributed by atoms with Crippen molar-refractivity contribution in [3.63, 3.8) is 0 Å². The summed E-state index contributed by atoms with van der Waals surface area (Å²) in [5, 5.41) is 5.79. The molecule has 0 aliphatic rings. The van der Waals surface area contributed by atoms with Crippen molar-refractivity contribution < 1.29 is 4.79 Å². The lowest BCUT2D eigenvalue weighted by Gasteiger charge is -2.15. The van der Waals surface area contributed by atoms with E-state index in [1.54, 1.807) is 23.1 Å². The zero-order valence-electron chi connectivity index (χ0n) is 10.8. The highest BCUT2D eigenvalue weighted by atomic mass is 35.5. The van der Waals surface area contributed by atoms with Gasteiger partial charge < -0.3 is 11.1 Å². The Kier molecular flexibility index (Phi) is 8.60. The van der Waals surface area contributed by atoms with Crippen LogP contribution in [-0.2, 0) is 4.79 Å². The number of carbonyl (C=O) groups is 1. The van der Waals surface area contributed by atoms with Crippen molar-refractivity contribution in [1.82, 2.24) is 10.3 Å². The van der Waals surface area contributed by atoms with Gasteiger partial charge in [0.1, 0.15) is 5.01 Å². The Bertz CT molecular complexity index is 373. The largest absolute Gasteiger partial charge is 0.346 e. The van der Waals surface area contributed by atoms with E-state index in [9.17, 15) is 4.79 Å². The van der Waals surface area contributed by atoms with Gasteiger partial charge in [0.05, 0.1) is 12.1 Å². The van der Waals surface area contributed by atoms with Gasteiger partial charge in [-0.15, -0.1) is 23.7 Å². The first-order chi connectivity index (χ1) is 8.04. The molecule has 3 N–H and O–H groups in total. The number of hydrogen-bond donors (Lipinski definition) is 2. The van der Waals surface area contributed by atoms with Crippen molar-refractivity contribution in [2.75, 3.05) is 12.0 Å². The van der Waals surface area contributed by atoms with Crippen LogP contribution in [0.2, 0.25) is 0 Å². The number of amides is 1. The van der Waals surface area contributed by atoms with Crippen molar-refractivity contribution in [2.45, 2.75) is 32.4 Å². The molecular formula is C11H20ClN3OS2. The molecule has 1 rings (SSSR count). The molecule has 4 nitrogen and oxygen atoms in total. The van der Waals surface area contributed by atoms with E-state index in [-0.39, 0.29) is 24.4 Å². The molecule has 1 amide bonds. The minimum Gasteiger partial charge on any atom is -0.346 e. The average molecular weight is 310 g/mol. The lowest BCUT2D eigenvalue weighted by atomic mass is 10.2. The van der Waals surface area contributed by atoms with Gasteiger partial charge >= 0.3 is 0 Å². The minimum atomic E-state index is -0.425. The Balaban J connectivity index is 0.00000289. The fraction of sp³-hybridized carbons (Fsp3) is 0.636. The number of nitrogens with zero attached hydrogens (tertiary/aromatic N) is 1. The van der Waals surface area contributed by atoms with Crippen LogP contribution in [0.5, 0.6) is 0 Å². The van der Waals surface area contributed by atoms with E-state index in [4.69, 9.17) is 5.73 Å². The Labute approximate surface area is 123 Å². The van der Waals surface area contributed by atoms with E-state index in [1.165, 1.54) is 0 Å². The molecule has 7 heteroatoms. The first-order valence-electron chi connectivity index (χ1n) is 5.51. The lowest BCUT2D eigenvalue weighted by molar-refractivity contribution is -0.123. The third-order valence-electron chi connectivity index (χ3n) is 2.34. The Morgan fingerprint density at radius 1 is 1.67 bits per heavy atom. The van der Waals surface area contributed by atoms with E-state index in [0.29, 0.717) is 6.42 Å². The predicted octanol–water partition coefficient (Wildman–Crippen LogP) is 2.13. The average Bonchev–Trinajstić information content (AvgIpc) is 2.72. The molecule has 0 saturated heterocycles. The van der Waals surface area contributed by atoms with Crippen molar-refractivity contribution in [1.29, 1.82) is 0 Å². The van der Waals surface area contributed by atoms with Gasteiger partial charge in [0.2, 0.25) is 5.91 Å². The Hall–Kier alpha value is -0.300. The molecule has 1 aromatic heterocycles. The molecule has 0 fully saturated rings. The van der Waals surface area contributed by atoms with Gasteiger partial charge in [0, 0.05) is 11.1 Å². The first-order valence-corrected chi connectivity index (χ1v) is 7.79. The fourth-order valence-electron chi connectivity index (χ4n) is 1.33. The van der Waals surface area contributed by atoms with E-state index >= 15 is 0 Å². The van der Waals surface area contributed by atoms with Gasteiger partial charge in [-0.2, -0.15) is 11.8 Å². The zero-order valence-corrected chi connectivity index (χ0v) is 13.3. The predicted molar refractivity (Wildman–Crippen MR) is 81.6 cm³/mol. The lowest BCUT2D eigenvalue weighted by Crippen LogP contribution is -2.41. The molecule has 18 heavy (non-hydrogen) atoms. The van der Waals surface area contributed by atoms with Gasteiger partial charge in [0.15, 0.2) is 0 Å². The molecular weight excluding hydrogens is 290 g/mol. The van der Waals surface area contributed by atoms with Crippen molar-refractivity contribution >= 4 is 41.4 Å². The van der Waals surface area contributed by atoms with E-state index in [2.05, 4.69) is 10.3 Å². The monoisotopic (exact) mass is 309 g/mol. The Morgan fingerprint density at radius 3 is 2.83 bits per heavy atom. The number of aryl methyl sites for hydroxylation is 1. The molecule has 104 valence electrons. The van der Waals surface area contributed by atoms with Crippen LogP contribution >= 0.6 is 35.5 Å². The molecule has 2 atom stereocenters. The van der Waals surface area contributed by atoms with Crippen LogP contribution in [0.15, 0.2) is 5.38 Å². The molecule has 0 radical (unpaired) electrons. The summed E-state index contributed by atoms with van der Waals surface area (Å²) in [6.45, 7) is 3.87. The molecule has 1 heterocycles. The topological polar surface area (TPSA) is 68.0 Å². The molecule has 0 bridgehead atoms.